The van der Waals surface area contributed by atoms with Crippen molar-refractivity contribution in [2.75, 3.05) is 40.9 Å². The maximum absolute atomic E-state index is 12.9. The molecule has 0 saturated carbocycles. The summed E-state index contributed by atoms with van der Waals surface area (Å²) in [5.41, 5.74) is 0. The molecule has 0 heterocycles. The van der Waals surface area contributed by atoms with Crippen molar-refractivity contribution < 1.29 is 32.9 Å². The lowest BCUT2D eigenvalue weighted by Gasteiger charge is -2.25. The number of nitrogens with one attached hydrogen (secondary N) is 1. The second-order valence-corrected chi connectivity index (χ2v) is 23.9. The van der Waals surface area contributed by atoms with E-state index in [0.717, 1.165) is 38.5 Å². The molecule has 0 aliphatic rings. The number of aliphatic hydroxyl groups excluding tert-OH is 1. The van der Waals surface area contributed by atoms with Gasteiger partial charge in [0.1, 0.15) is 13.2 Å². The van der Waals surface area contributed by atoms with Gasteiger partial charge in [0.2, 0.25) is 5.91 Å². The Kier molecular flexibility index (Phi) is 52.6. The van der Waals surface area contributed by atoms with E-state index in [0.29, 0.717) is 17.4 Å². The average molecular weight is 1020 g/mol. The number of amides is 1. The van der Waals surface area contributed by atoms with Crippen molar-refractivity contribution in [2.24, 2.45) is 0 Å². The number of unbranched alkanes of at least 4 members (excludes halogenated alkanes) is 40. The first-order valence-corrected chi connectivity index (χ1v) is 32.4. The summed E-state index contributed by atoms with van der Waals surface area (Å²) < 4.78 is 23.5. The highest BCUT2D eigenvalue weighted by Gasteiger charge is 2.27. The van der Waals surface area contributed by atoms with Gasteiger partial charge in [-0.25, -0.2) is 4.57 Å². The summed E-state index contributed by atoms with van der Waals surface area (Å²) in [5.74, 6) is -0.186. The smallest absolute Gasteiger partial charge is 0.387 e. The molecule has 420 valence electrons. The largest absolute Gasteiger partial charge is 0.472 e. The van der Waals surface area contributed by atoms with Gasteiger partial charge in [-0.15, -0.1) is 0 Å². The maximum atomic E-state index is 12.9. The minimum absolute atomic E-state index is 0.0573. The van der Waals surface area contributed by atoms with Crippen molar-refractivity contribution in [3.8, 4) is 0 Å². The Balaban J connectivity index is 3.71. The lowest BCUT2D eigenvalue weighted by Crippen LogP contribution is -2.45. The summed E-state index contributed by atoms with van der Waals surface area (Å²) in [6.07, 6.45) is 70.5. The monoisotopic (exact) mass is 1020 g/mol. The normalized spacial score (nSPS) is 14.1. The van der Waals surface area contributed by atoms with Gasteiger partial charge in [-0.3, -0.25) is 13.8 Å². The molecule has 3 atom stereocenters. The molecule has 1 amide bonds. The first kappa shape index (κ1) is 69.7. The molecule has 0 bridgehead atoms. The van der Waals surface area contributed by atoms with Crippen molar-refractivity contribution in [3.05, 3.63) is 36.5 Å². The highest BCUT2D eigenvalue weighted by molar-refractivity contribution is 7.47. The van der Waals surface area contributed by atoms with E-state index < -0.39 is 20.0 Å². The van der Waals surface area contributed by atoms with Gasteiger partial charge < -0.3 is 19.8 Å². The lowest BCUT2D eigenvalue weighted by molar-refractivity contribution is -0.870. The summed E-state index contributed by atoms with van der Waals surface area (Å²) in [5, 5.41) is 13.8. The molecule has 0 radical (unpaired) electrons. The number of rotatable bonds is 57. The molecular weight excluding hydrogens is 900 g/mol. The van der Waals surface area contributed by atoms with E-state index in [1.54, 1.807) is 6.08 Å². The summed E-state index contributed by atoms with van der Waals surface area (Å²) in [6.45, 7) is 4.74. The van der Waals surface area contributed by atoms with E-state index in [2.05, 4.69) is 43.5 Å². The fourth-order valence-corrected chi connectivity index (χ4v) is 9.95. The van der Waals surface area contributed by atoms with E-state index in [-0.39, 0.29) is 19.1 Å². The number of nitrogens with zero attached hydrogens (tertiary/aromatic N) is 1. The average Bonchev–Trinajstić information content (AvgIpc) is 3.33. The van der Waals surface area contributed by atoms with Gasteiger partial charge >= 0.3 is 7.82 Å². The summed E-state index contributed by atoms with van der Waals surface area (Å²) >= 11 is 0. The molecule has 0 aromatic carbocycles. The van der Waals surface area contributed by atoms with Crippen LogP contribution in [-0.2, 0) is 18.4 Å². The van der Waals surface area contributed by atoms with Gasteiger partial charge in [-0.05, 0) is 51.4 Å². The number of aliphatic hydroxyl groups is 1. The number of likely N-dealkylation sites (N-methyl/N-ethyl adjacent to an activating group) is 1. The first-order valence-electron chi connectivity index (χ1n) is 30.9. The molecule has 3 unspecified atom stereocenters. The summed E-state index contributed by atoms with van der Waals surface area (Å²) in [6, 6.07) is -0.858. The van der Waals surface area contributed by atoms with Gasteiger partial charge in [0, 0.05) is 6.42 Å². The second-order valence-electron chi connectivity index (χ2n) is 22.4. The topological polar surface area (TPSA) is 105 Å². The molecule has 0 aromatic heterocycles. The zero-order chi connectivity index (χ0) is 52.0. The van der Waals surface area contributed by atoms with Crippen LogP contribution in [0.4, 0.5) is 0 Å². The number of allylic oxidation sites excluding steroid dienone is 5. The van der Waals surface area contributed by atoms with Gasteiger partial charge in [0.05, 0.1) is 39.9 Å². The van der Waals surface area contributed by atoms with Crippen LogP contribution < -0.4 is 5.32 Å². The van der Waals surface area contributed by atoms with Crippen LogP contribution in [0.15, 0.2) is 36.5 Å². The number of hydrogen-bond acceptors (Lipinski definition) is 5. The minimum atomic E-state index is -4.34. The van der Waals surface area contributed by atoms with Crippen LogP contribution in [0, 0.1) is 0 Å². The van der Waals surface area contributed by atoms with E-state index >= 15 is 0 Å². The second kappa shape index (κ2) is 53.5. The third kappa shape index (κ3) is 56.3. The Labute approximate surface area is 442 Å². The van der Waals surface area contributed by atoms with Gasteiger partial charge in [0.25, 0.3) is 0 Å². The summed E-state index contributed by atoms with van der Waals surface area (Å²) in [7, 11) is 1.56. The number of carbonyl (C=O) groups excluding carboxylic acids is 1. The SMILES string of the molecule is CCCC/C=C/CC/C=C/C(O)C(COP(=O)(O)OCC[N+](C)(C)C)NC(=O)CCCCCCCCCCCCCCCCCCCCCCCCCCCCCCC/C=C\CCCCCCCCCC. The Bertz CT molecular complexity index is 1250. The molecule has 71 heavy (non-hydrogen) atoms. The number of hydrogen-bond donors (Lipinski definition) is 3. The number of carbonyl (C=O) groups is 1. The van der Waals surface area contributed by atoms with Crippen molar-refractivity contribution in [3.63, 3.8) is 0 Å². The van der Waals surface area contributed by atoms with Crippen LogP contribution in [0.1, 0.15) is 303 Å². The van der Waals surface area contributed by atoms with E-state index in [1.807, 2.05) is 27.2 Å². The van der Waals surface area contributed by atoms with Crippen molar-refractivity contribution in [1.29, 1.82) is 0 Å². The predicted octanol–water partition coefficient (Wildman–Crippen LogP) is 18.9. The Morgan fingerprint density at radius 2 is 0.789 bits per heavy atom. The highest BCUT2D eigenvalue weighted by Crippen LogP contribution is 2.43. The Morgan fingerprint density at radius 3 is 1.17 bits per heavy atom. The lowest BCUT2D eigenvalue weighted by atomic mass is 10.0. The molecule has 0 fully saturated rings. The van der Waals surface area contributed by atoms with Crippen molar-refractivity contribution >= 4 is 13.7 Å². The third-order valence-electron chi connectivity index (χ3n) is 14.1. The molecule has 9 heteroatoms. The Hall–Kier alpha value is -1.28. The minimum Gasteiger partial charge on any atom is -0.387 e. The molecule has 0 aliphatic heterocycles. The summed E-state index contributed by atoms with van der Waals surface area (Å²) in [4.78, 5) is 23.1. The van der Waals surface area contributed by atoms with Gasteiger partial charge in [-0.1, -0.05) is 281 Å². The van der Waals surface area contributed by atoms with Gasteiger partial charge in [0.15, 0.2) is 0 Å². The predicted molar refractivity (Wildman–Crippen MR) is 309 cm³/mol. The Morgan fingerprint density at radius 1 is 0.465 bits per heavy atom. The number of phosphoric ester groups is 1. The zero-order valence-electron chi connectivity index (χ0n) is 48.0. The van der Waals surface area contributed by atoms with Crippen LogP contribution >= 0.6 is 7.82 Å². The van der Waals surface area contributed by atoms with Crippen molar-refractivity contribution in [1.82, 2.24) is 5.32 Å². The zero-order valence-corrected chi connectivity index (χ0v) is 48.9. The molecule has 0 rings (SSSR count). The molecule has 8 nitrogen and oxygen atoms in total. The fraction of sp³-hybridized carbons (Fsp3) is 0.887. The van der Waals surface area contributed by atoms with Crippen LogP contribution in [0.2, 0.25) is 0 Å². The van der Waals surface area contributed by atoms with Crippen LogP contribution in [0.5, 0.6) is 0 Å². The quantitative estimate of drug-likeness (QED) is 0.0243. The maximum Gasteiger partial charge on any atom is 0.472 e. The van der Waals surface area contributed by atoms with Crippen LogP contribution in [0.25, 0.3) is 0 Å². The number of phosphoric acid groups is 1. The fourth-order valence-electron chi connectivity index (χ4n) is 9.22. The molecule has 0 spiro atoms. The third-order valence-corrected chi connectivity index (χ3v) is 15.1. The highest BCUT2D eigenvalue weighted by atomic mass is 31.2. The standard InChI is InChI=1S/C62H121N2O6P/c1-6-8-10-12-14-16-17-18-19-20-21-22-23-24-25-26-27-28-29-30-31-32-33-34-35-36-37-38-39-40-41-42-43-44-45-46-47-48-50-52-54-56-62(66)63-60(59-70-71(67,68)69-58-57-64(3,4)5)61(65)55-53-51-49-15-13-11-9-7-2/h13,15,20-21,53,55,60-61,65H,6-12,14,16-19,22-52,54,56-59H2,1-5H3,(H-,63,66,67,68)/p+1/b15-13+,21-20-,55-53+. The molecule has 0 aliphatic carbocycles. The van der Waals surface area contributed by atoms with Gasteiger partial charge in [-0.2, -0.15) is 0 Å². The number of quaternary nitrogens is 1. The molecule has 3 N–H and O–H groups in total. The first-order chi connectivity index (χ1) is 34.5. The van der Waals surface area contributed by atoms with E-state index in [9.17, 15) is 19.4 Å². The van der Waals surface area contributed by atoms with Crippen molar-refractivity contribution in [2.45, 2.75) is 315 Å². The molecule has 0 aromatic rings. The van der Waals surface area contributed by atoms with E-state index in [1.165, 1.54) is 244 Å². The van der Waals surface area contributed by atoms with E-state index in [4.69, 9.17) is 9.05 Å². The van der Waals surface area contributed by atoms with Crippen LogP contribution in [-0.4, -0.2) is 73.4 Å². The van der Waals surface area contributed by atoms with Crippen LogP contribution in [0.3, 0.4) is 0 Å². The molecular formula is C62H122N2O6P+. The molecule has 0 saturated heterocycles.